The van der Waals surface area contributed by atoms with Gasteiger partial charge in [0.1, 0.15) is 6.29 Å². The van der Waals surface area contributed by atoms with Crippen molar-refractivity contribution < 1.29 is 4.79 Å². The molecule has 0 radical (unpaired) electrons. The molecule has 0 N–H and O–H groups in total. The van der Waals surface area contributed by atoms with Crippen LogP contribution in [-0.4, -0.2) is 12.2 Å². The minimum atomic E-state index is 0.730. The van der Waals surface area contributed by atoms with E-state index in [0.29, 0.717) is 0 Å². The maximum Gasteiger partial charge on any atom is 0.150 e. The highest BCUT2D eigenvalue weighted by Crippen LogP contribution is 2.14. The Bertz CT molecular complexity index is 475. The topological polar surface area (TPSA) is 17.1 Å². The molecular weight excluding hydrogens is 244 g/mol. The lowest BCUT2D eigenvalue weighted by Gasteiger charge is -1.96. The summed E-state index contributed by atoms with van der Waals surface area (Å²) in [5, 5.41) is 2.28. The lowest BCUT2D eigenvalue weighted by molar-refractivity contribution is 0.112. The molecule has 0 bridgehead atoms. The minimum absolute atomic E-state index is 0.730. The molecule has 0 saturated heterocycles. The molecule has 2 aromatic rings. The average molecular weight is 263 g/mol. The smallest absolute Gasteiger partial charge is 0.150 e. The lowest BCUT2D eigenvalue weighted by Crippen LogP contribution is -1.78. The number of aldehydes is 1. The zero-order valence-electron chi connectivity index (χ0n) is 10.7. The number of unbranched alkanes of at least 4 members (excludes halogenated alkanes) is 2. The zero-order valence-corrected chi connectivity index (χ0v) is 11.5. The zero-order chi connectivity index (χ0) is 13.2. The molecule has 0 aliphatic heterocycles. The fraction of sp³-hybridized carbons (Fsp3) is 0.312. The van der Waals surface area contributed by atoms with Crippen LogP contribution in [0.15, 0.2) is 42.5 Å². The van der Waals surface area contributed by atoms with Gasteiger partial charge in [0, 0.05) is 11.4 Å². The van der Waals surface area contributed by atoms with Gasteiger partial charge in [-0.1, -0.05) is 56.2 Å². The van der Waals surface area contributed by atoms with Crippen molar-refractivity contribution in [3.8, 4) is 0 Å². The Balaban J connectivity index is 0.000000232. The Morgan fingerprint density at radius 3 is 2.33 bits per heavy atom. The van der Waals surface area contributed by atoms with E-state index in [2.05, 4.69) is 6.92 Å². The van der Waals surface area contributed by atoms with E-state index in [1.165, 1.54) is 24.6 Å². The van der Waals surface area contributed by atoms with Crippen LogP contribution in [0.1, 0.15) is 36.5 Å². The molecule has 0 saturated carbocycles. The molecule has 2 heteroatoms. The van der Waals surface area contributed by atoms with Crippen LogP contribution in [0, 0.1) is 0 Å². The first-order chi connectivity index (χ1) is 8.81. The van der Waals surface area contributed by atoms with Crippen molar-refractivity contribution in [2.24, 2.45) is 0 Å². The van der Waals surface area contributed by atoms with Crippen molar-refractivity contribution in [3.63, 3.8) is 0 Å². The number of rotatable bonds is 4. The SMILES string of the molecule is CCCCCCl.O=Cc1ccc2ccccc2c1. The standard InChI is InChI=1S/C11H8O.C5H11Cl/c12-8-9-5-6-10-3-1-2-4-11(10)7-9;1-2-3-4-5-6/h1-8H;2-5H2,1H3. The van der Waals surface area contributed by atoms with Gasteiger partial charge in [0.2, 0.25) is 0 Å². The Morgan fingerprint density at radius 2 is 1.78 bits per heavy atom. The van der Waals surface area contributed by atoms with Gasteiger partial charge in [-0.05, 0) is 23.3 Å². The third-order valence-corrected chi connectivity index (χ3v) is 2.91. The molecule has 1 nitrogen and oxygen atoms in total. The second-order valence-corrected chi connectivity index (χ2v) is 4.50. The molecule has 0 aliphatic rings. The molecular formula is C16H19ClO. The molecule has 2 aromatic carbocycles. The molecule has 0 heterocycles. The summed E-state index contributed by atoms with van der Waals surface area (Å²) in [5.74, 6) is 0.827. The van der Waals surface area contributed by atoms with Crippen molar-refractivity contribution in [1.82, 2.24) is 0 Å². The molecule has 96 valence electrons. The highest BCUT2D eigenvalue weighted by atomic mass is 35.5. The van der Waals surface area contributed by atoms with E-state index in [-0.39, 0.29) is 0 Å². The third kappa shape index (κ3) is 4.89. The normalized spacial score (nSPS) is 9.67. The summed E-state index contributed by atoms with van der Waals surface area (Å²) < 4.78 is 0. The van der Waals surface area contributed by atoms with E-state index in [1.54, 1.807) is 0 Å². The summed E-state index contributed by atoms with van der Waals surface area (Å²) in [7, 11) is 0. The lowest BCUT2D eigenvalue weighted by atomic mass is 10.1. The Kier molecular flexibility index (Phi) is 7.12. The highest BCUT2D eigenvalue weighted by Gasteiger charge is 1.92. The number of hydrogen-bond donors (Lipinski definition) is 0. The minimum Gasteiger partial charge on any atom is -0.298 e. The molecule has 0 fully saturated rings. The number of benzene rings is 2. The van der Waals surface area contributed by atoms with Crippen LogP contribution < -0.4 is 0 Å². The molecule has 18 heavy (non-hydrogen) atoms. The van der Waals surface area contributed by atoms with Gasteiger partial charge in [-0.2, -0.15) is 0 Å². The van der Waals surface area contributed by atoms with Gasteiger partial charge < -0.3 is 0 Å². The second kappa shape index (κ2) is 8.71. The Morgan fingerprint density at radius 1 is 1.06 bits per heavy atom. The van der Waals surface area contributed by atoms with E-state index >= 15 is 0 Å². The van der Waals surface area contributed by atoms with Crippen LogP contribution in [0.4, 0.5) is 0 Å². The van der Waals surface area contributed by atoms with E-state index in [0.717, 1.165) is 23.1 Å². The van der Waals surface area contributed by atoms with E-state index in [1.807, 2.05) is 42.5 Å². The Hall–Kier alpha value is -1.34. The van der Waals surface area contributed by atoms with Crippen molar-refractivity contribution in [2.75, 3.05) is 5.88 Å². The summed E-state index contributed by atoms with van der Waals surface area (Å²) in [6, 6.07) is 13.7. The number of carbonyl (C=O) groups is 1. The summed E-state index contributed by atoms with van der Waals surface area (Å²) in [5.41, 5.74) is 0.730. The van der Waals surface area contributed by atoms with Crippen molar-refractivity contribution in [2.45, 2.75) is 26.2 Å². The first-order valence-electron chi connectivity index (χ1n) is 6.31. The van der Waals surface area contributed by atoms with E-state index < -0.39 is 0 Å². The monoisotopic (exact) mass is 262 g/mol. The first-order valence-corrected chi connectivity index (χ1v) is 6.85. The van der Waals surface area contributed by atoms with Crippen LogP contribution in [-0.2, 0) is 0 Å². The average Bonchev–Trinajstić information content (AvgIpc) is 2.45. The fourth-order valence-electron chi connectivity index (χ4n) is 1.63. The molecule has 0 spiro atoms. The van der Waals surface area contributed by atoms with Gasteiger partial charge in [0.25, 0.3) is 0 Å². The number of halogens is 1. The third-order valence-electron chi connectivity index (χ3n) is 2.65. The largest absolute Gasteiger partial charge is 0.298 e. The molecule has 0 amide bonds. The number of carbonyl (C=O) groups excluding carboxylic acids is 1. The van der Waals surface area contributed by atoms with Crippen LogP contribution in [0.3, 0.4) is 0 Å². The quantitative estimate of drug-likeness (QED) is 0.427. The molecule has 0 unspecified atom stereocenters. The molecule has 2 rings (SSSR count). The van der Waals surface area contributed by atoms with Crippen LogP contribution in [0.2, 0.25) is 0 Å². The molecule has 0 aliphatic carbocycles. The first kappa shape index (κ1) is 14.7. The number of hydrogen-bond acceptors (Lipinski definition) is 1. The van der Waals surface area contributed by atoms with Gasteiger partial charge in [0.15, 0.2) is 0 Å². The van der Waals surface area contributed by atoms with Gasteiger partial charge in [-0.25, -0.2) is 0 Å². The maximum absolute atomic E-state index is 10.5. The summed E-state index contributed by atoms with van der Waals surface area (Å²) >= 11 is 5.38. The van der Waals surface area contributed by atoms with E-state index in [4.69, 9.17) is 11.6 Å². The summed E-state index contributed by atoms with van der Waals surface area (Å²) in [6.07, 6.45) is 4.60. The van der Waals surface area contributed by atoms with Crippen LogP contribution in [0.25, 0.3) is 10.8 Å². The predicted octanol–water partition coefficient (Wildman–Crippen LogP) is 5.07. The van der Waals surface area contributed by atoms with Gasteiger partial charge in [-0.3, -0.25) is 4.79 Å². The fourth-order valence-corrected chi connectivity index (χ4v) is 1.81. The summed E-state index contributed by atoms with van der Waals surface area (Å²) in [6.45, 7) is 2.17. The highest BCUT2D eigenvalue weighted by molar-refractivity contribution is 6.17. The van der Waals surface area contributed by atoms with Crippen molar-refractivity contribution in [3.05, 3.63) is 48.0 Å². The van der Waals surface area contributed by atoms with Gasteiger partial charge >= 0.3 is 0 Å². The van der Waals surface area contributed by atoms with Crippen LogP contribution >= 0.6 is 11.6 Å². The summed E-state index contributed by atoms with van der Waals surface area (Å²) in [4.78, 5) is 10.5. The number of alkyl halides is 1. The van der Waals surface area contributed by atoms with Gasteiger partial charge in [-0.15, -0.1) is 11.6 Å². The van der Waals surface area contributed by atoms with E-state index in [9.17, 15) is 4.79 Å². The molecule has 0 atom stereocenters. The second-order valence-electron chi connectivity index (χ2n) is 4.12. The van der Waals surface area contributed by atoms with Crippen molar-refractivity contribution >= 4 is 28.7 Å². The predicted molar refractivity (Wildman–Crippen MR) is 79.6 cm³/mol. The van der Waals surface area contributed by atoms with Crippen LogP contribution in [0.5, 0.6) is 0 Å². The van der Waals surface area contributed by atoms with Crippen molar-refractivity contribution in [1.29, 1.82) is 0 Å². The van der Waals surface area contributed by atoms with Gasteiger partial charge in [0.05, 0.1) is 0 Å². The molecule has 0 aromatic heterocycles. The number of fused-ring (bicyclic) bond motifs is 1. The maximum atomic E-state index is 10.5. The Labute approximate surface area is 114 Å².